The molecule has 1 fully saturated rings. The third-order valence-electron chi connectivity index (χ3n) is 6.21. The number of anilines is 3. The molecule has 9 nitrogen and oxygen atoms in total. The lowest BCUT2D eigenvalue weighted by molar-refractivity contribution is 0.0632. The average Bonchev–Trinajstić information content (AvgIpc) is 2.79. The van der Waals surface area contributed by atoms with Gasteiger partial charge in [-0.3, -0.25) is 4.90 Å². The van der Waals surface area contributed by atoms with Gasteiger partial charge in [-0.15, -0.1) is 0 Å². The lowest BCUT2D eigenvalue weighted by Crippen LogP contribution is -2.53. The number of aromatic nitrogens is 2. The molecule has 3 heterocycles. The predicted octanol–water partition coefficient (Wildman–Crippen LogP) is 3.14. The highest BCUT2D eigenvalue weighted by Gasteiger charge is 2.38. The number of aliphatic hydroxyl groups excluding tert-OH is 1. The first-order valence-electron chi connectivity index (χ1n) is 10.3. The van der Waals surface area contributed by atoms with Crippen molar-refractivity contribution in [1.29, 1.82) is 0 Å². The quantitative estimate of drug-likeness (QED) is 0.458. The zero-order valence-electron chi connectivity index (χ0n) is 17.3. The first-order chi connectivity index (χ1) is 15.4. The number of hydrogen-bond acceptors (Lipinski definition) is 7. The summed E-state index contributed by atoms with van der Waals surface area (Å²) < 4.78 is 20.8. The Morgan fingerprint density at radius 1 is 1.28 bits per heavy atom. The molecule has 0 saturated heterocycles. The van der Waals surface area contributed by atoms with Crippen molar-refractivity contribution < 1.29 is 24.1 Å². The average molecular weight is 439 g/mol. The van der Waals surface area contributed by atoms with Crippen LogP contribution in [-0.4, -0.2) is 51.6 Å². The fraction of sp³-hybridized carbons (Fsp3) is 0.318. The summed E-state index contributed by atoms with van der Waals surface area (Å²) in [5, 5.41) is 23.8. The van der Waals surface area contributed by atoms with E-state index in [4.69, 9.17) is 10.5 Å². The van der Waals surface area contributed by atoms with Crippen LogP contribution < -0.4 is 20.7 Å². The molecular formula is C22H22FN5O4. The fourth-order valence-corrected chi connectivity index (χ4v) is 4.28. The highest BCUT2D eigenvalue weighted by molar-refractivity contribution is 6.00. The molecule has 0 radical (unpaired) electrons. The molecule has 1 saturated carbocycles. The monoisotopic (exact) mass is 439 g/mol. The topological polar surface area (TPSA) is 134 Å². The van der Waals surface area contributed by atoms with Gasteiger partial charge in [0.25, 0.3) is 0 Å². The smallest absolute Gasteiger partial charge is 0.413 e. The molecule has 32 heavy (non-hydrogen) atoms. The lowest BCUT2D eigenvalue weighted by Gasteiger charge is -2.39. The van der Waals surface area contributed by atoms with E-state index >= 15 is 4.39 Å². The molecular weight excluding hydrogens is 417 g/mol. The summed E-state index contributed by atoms with van der Waals surface area (Å²) in [5.74, 6) is 0.0218. The molecule has 1 aliphatic carbocycles. The minimum atomic E-state index is -1.21. The van der Waals surface area contributed by atoms with E-state index in [0.717, 1.165) is 10.5 Å². The first kappa shape index (κ1) is 20.3. The number of benzene rings is 1. The maximum absolute atomic E-state index is 15.3. The van der Waals surface area contributed by atoms with Crippen molar-refractivity contribution in [2.24, 2.45) is 0 Å². The van der Waals surface area contributed by atoms with Crippen molar-refractivity contribution in [3.63, 3.8) is 0 Å². The van der Waals surface area contributed by atoms with Crippen molar-refractivity contribution in [1.82, 2.24) is 9.97 Å². The molecule has 1 amide bonds. The van der Waals surface area contributed by atoms with Gasteiger partial charge < -0.3 is 26.0 Å². The second-order valence-electron chi connectivity index (χ2n) is 8.03. The first-order valence-corrected chi connectivity index (χ1v) is 10.3. The number of nitrogens with two attached hydrogens (primary N) is 1. The van der Waals surface area contributed by atoms with Crippen LogP contribution in [0.25, 0.3) is 21.9 Å². The van der Waals surface area contributed by atoms with E-state index in [-0.39, 0.29) is 17.1 Å². The largest absolute Gasteiger partial charge is 0.474 e. The molecule has 1 aromatic carbocycles. The van der Waals surface area contributed by atoms with Crippen molar-refractivity contribution in [2.75, 3.05) is 29.1 Å². The molecule has 5 rings (SSSR count). The van der Waals surface area contributed by atoms with E-state index in [2.05, 4.69) is 15.3 Å². The highest BCUT2D eigenvalue weighted by Crippen LogP contribution is 2.40. The summed E-state index contributed by atoms with van der Waals surface area (Å²) in [5.41, 5.74) is 8.30. The molecule has 2 aliphatic rings. The molecule has 0 bridgehead atoms. The number of nitrogens with zero attached hydrogens (tertiary/aromatic N) is 3. The number of aliphatic hydroxyl groups is 1. The van der Waals surface area contributed by atoms with Crippen LogP contribution in [0.1, 0.15) is 18.4 Å². The summed E-state index contributed by atoms with van der Waals surface area (Å²) in [6.45, 7) is 2.97. The fourth-order valence-electron chi connectivity index (χ4n) is 4.28. The maximum Gasteiger partial charge on any atom is 0.413 e. The Morgan fingerprint density at radius 3 is 2.78 bits per heavy atom. The number of halogens is 1. The molecule has 166 valence electrons. The minimum Gasteiger partial charge on any atom is -0.474 e. The number of ether oxygens (including phenoxy) is 1. The molecule has 0 unspecified atom stereocenters. The molecule has 0 spiro atoms. The number of carbonyl (C=O) groups is 1. The number of carboxylic acid groups (broad SMARTS) is 1. The number of amides is 1. The van der Waals surface area contributed by atoms with Gasteiger partial charge in [0.1, 0.15) is 18.1 Å². The predicted molar refractivity (Wildman–Crippen MR) is 118 cm³/mol. The van der Waals surface area contributed by atoms with Gasteiger partial charge in [0.15, 0.2) is 5.82 Å². The molecule has 5 N–H and O–H groups in total. The number of hydrogen-bond donors (Lipinski definition) is 4. The minimum absolute atomic E-state index is 0.0802. The van der Waals surface area contributed by atoms with Gasteiger partial charge in [0.05, 0.1) is 17.8 Å². The Balaban J connectivity index is 1.65. The Labute approximate surface area is 182 Å². The zero-order chi connectivity index (χ0) is 22.6. The van der Waals surface area contributed by atoms with E-state index < -0.39 is 24.1 Å². The summed E-state index contributed by atoms with van der Waals surface area (Å²) in [6.07, 6.45) is 2.03. The van der Waals surface area contributed by atoms with Gasteiger partial charge in [0, 0.05) is 35.5 Å². The lowest BCUT2D eigenvalue weighted by atomic mass is 9.88. The van der Waals surface area contributed by atoms with Gasteiger partial charge in [-0.2, -0.15) is 0 Å². The molecule has 1 aliphatic heterocycles. The third kappa shape index (κ3) is 3.06. The Hall–Kier alpha value is -3.66. The van der Waals surface area contributed by atoms with Crippen LogP contribution in [0.15, 0.2) is 24.5 Å². The zero-order valence-corrected chi connectivity index (χ0v) is 17.3. The SMILES string of the molecule is Cc1c(-c2cc3cc(N(C(=O)O)[C@H]4CC[C@@H]4O)ncc3c(N)c2F)cnc2c1NCCO2. The normalized spacial score (nSPS) is 19.5. The van der Waals surface area contributed by atoms with Crippen LogP contribution in [0.3, 0.4) is 0 Å². The van der Waals surface area contributed by atoms with Gasteiger partial charge >= 0.3 is 6.09 Å². The van der Waals surface area contributed by atoms with Crippen LogP contribution in [-0.2, 0) is 0 Å². The van der Waals surface area contributed by atoms with Crippen LogP contribution in [0.5, 0.6) is 5.88 Å². The van der Waals surface area contributed by atoms with Gasteiger partial charge in [0.2, 0.25) is 5.88 Å². The standard InChI is InChI=1S/C22H22FN5O4/c1-10-13(8-27-21-20(10)25-4-5-32-21)12-6-11-7-17(26-9-14(11)19(24)18(12)23)28(22(30)31)15-2-3-16(15)29/h6-9,15-16,25,29H,2-5,24H2,1H3,(H,30,31)/t15-,16-/m0/s1. The Morgan fingerprint density at radius 2 is 2.09 bits per heavy atom. The van der Waals surface area contributed by atoms with E-state index in [1.165, 1.54) is 6.20 Å². The third-order valence-corrected chi connectivity index (χ3v) is 6.21. The number of pyridine rings is 2. The van der Waals surface area contributed by atoms with Gasteiger partial charge in [-0.25, -0.2) is 19.2 Å². The molecule has 10 heteroatoms. The second kappa shape index (κ2) is 7.49. The summed E-state index contributed by atoms with van der Waals surface area (Å²) >= 11 is 0. The highest BCUT2D eigenvalue weighted by atomic mass is 19.1. The Bertz CT molecular complexity index is 1250. The summed E-state index contributed by atoms with van der Waals surface area (Å²) in [6, 6.07) is 2.60. The van der Waals surface area contributed by atoms with Crippen LogP contribution in [0.2, 0.25) is 0 Å². The molecule has 3 aromatic rings. The maximum atomic E-state index is 15.3. The number of nitrogen functional groups attached to an aromatic ring is 1. The van der Waals surface area contributed by atoms with Crippen molar-refractivity contribution in [3.05, 3.63) is 35.9 Å². The Kier molecular flexibility index (Phi) is 4.74. The van der Waals surface area contributed by atoms with E-state index in [0.29, 0.717) is 53.9 Å². The summed E-state index contributed by atoms with van der Waals surface area (Å²) in [4.78, 5) is 21.4. The van der Waals surface area contributed by atoms with Crippen LogP contribution >= 0.6 is 0 Å². The number of rotatable bonds is 3. The van der Waals surface area contributed by atoms with Crippen molar-refractivity contribution in [3.8, 4) is 17.0 Å². The summed E-state index contributed by atoms with van der Waals surface area (Å²) in [7, 11) is 0. The van der Waals surface area contributed by atoms with Gasteiger partial charge in [-0.1, -0.05) is 0 Å². The number of nitrogens with one attached hydrogen (secondary N) is 1. The van der Waals surface area contributed by atoms with Crippen LogP contribution in [0, 0.1) is 12.7 Å². The van der Waals surface area contributed by atoms with E-state index in [1.54, 1.807) is 18.3 Å². The second-order valence-corrected chi connectivity index (χ2v) is 8.03. The molecule has 2 aromatic heterocycles. The van der Waals surface area contributed by atoms with Gasteiger partial charge in [-0.05, 0) is 42.8 Å². The van der Waals surface area contributed by atoms with Crippen LogP contribution in [0.4, 0.5) is 26.4 Å². The van der Waals surface area contributed by atoms with E-state index in [9.17, 15) is 15.0 Å². The molecule has 2 atom stereocenters. The van der Waals surface area contributed by atoms with Crippen molar-refractivity contribution >= 4 is 34.1 Å². The van der Waals surface area contributed by atoms with Crippen molar-refractivity contribution in [2.45, 2.75) is 31.9 Å². The number of fused-ring (bicyclic) bond motifs is 2. The van der Waals surface area contributed by atoms with E-state index in [1.807, 2.05) is 6.92 Å².